The highest BCUT2D eigenvalue weighted by molar-refractivity contribution is 5.77. The standard InChI is InChI=1S/C9H12O2/c10-8(11)9-2-1-5(4-9)6-3-7(6)9/h5-7H,1-4H2,(H,10,11)/t5-,6+,7-,9-/m0/s1. The average molecular weight is 152 g/mol. The van der Waals surface area contributed by atoms with Crippen molar-refractivity contribution >= 4 is 5.97 Å². The Bertz CT molecular complexity index is 236. The first-order valence-electron chi connectivity index (χ1n) is 4.47. The van der Waals surface area contributed by atoms with Gasteiger partial charge in [-0.3, -0.25) is 4.79 Å². The summed E-state index contributed by atoms with van der Waals surface area (Å²) in [5, 5.41) is 9.09. The molecule has 0 heterocycles. The summed E-state index contributed by atoms with van der Waals surface area (Å²) in [6.07, 6.45) is 4.37. The second-order valence-corrected chi connectivity index (χ2v) is 4.47. The van der Waals surface area contributed by atoms with E-state index in [1.165, 1.54) is 12.8 Å². The molecule has 0 radical (unpaired) electrons. The summed E-state index contributed by atoms with van der Waals surface area (Å²) in [5.41, 5.74) is -0.241. The zero-order valence-corrected chi connectivity index (χ0v) is 6.42. The molecule has 0 aliphatic heterocycles. The molecule has 0 unspecified atom stereocenters. The van der Waals surface area contributed by atoms with Crippen molar-refractivity contribution in [3.63, 3.8) is 0 Å². The Morgan fingerprint density at radius 3 is 2.82 bits per heavy atom. The second-order valence-electron chi connectivity index (χ2n) is 4.47. The average Bonchev–Trinajstić information content (AvgIpc) is 2.60. The third-order valence-corrected chi connectivity index (χ3v) is 4.17. The van der Waals surface area contributed by atoms with Crippen LogP contribution >= 0.6 is 0 Å². The topological polar surface area (TPSA) is 37.3 Å². The predicted molar refractivity (Wildman–Crippen MR) is 39.0 cm³/mol. The maximum absolute atomic E-state index is 11.0. The molecule has 3 saturated carbocycles. The van der Waals surface area contributed by atoms with Crippen molar-refractivity contribution in [2.45, 2.75) is 25.7 Å². The SMILES string of the molecule is O=C(O)[C@@]12CC[C@@H](C1)[C@H]1C[C@@H]12. The molecule has 1 N–H and O–H groups in total. The van der Waals surface area contributed by atoms with Crippen LogP contribution in [0.1, 0.15) is 25.7 Å². The van der Waals surface area contributed by atoms with Crippen molar-refractivity contribution < 1.29 is 9.90 Å². The van der Waals surface area contributed by atoms with E-state index in [1.54, 1.807) is 0 Å². The molecule has 0 aromatic carbocycles. The van der Waals surface area contributed by atoms with Crippen molar-refractivity contribution in [1.29, 1.82) is 0 Å². The normalized spacial score (nSPS) is 57.6. The lowest BCUT2D eigenvalue weighted by Crippen LogP contribution is -2.28. The van der Waals surface area contributed by atoms with E-state index >= 15 is 0 Å². The molecular formula is C9H12O2. The van der Waals surface area contributed by atoms with Gasteiger partial charge in [-0.1, -0.05) is 0 Å². The van der Waals surface area contributed by atoms with Gasteiger partial charge in [-0.15, -0.1) is 0 Å². The molecule has 11 heavy (non-hydrogen) atoms. The van der Waals surface area contributed by atoms with Gasteiger partial charge < -0.3 is 5.11 Å². The number of carbonyl (C=O) groups is 1. The van der Waals surface area contributed by atoms with Crippen molar-refractivity contribution in [3.8, 4) is 0 Å². The van der Waals surface area contributed by atoms with E-state index < -0.39 is 5.97 Å². The monoisotopic (exact) mass is 152 g/mol. The van der Waals surface area contributed by atoms with Gasteiger partial charge in [0.05, 0.1) is 5.41 Å². The number of hydrogen-bond acceptors (Lipinski definition) is 1. The Balaban J connectivity index is 2.03. The van der Waals surface area contributed by atoms with E-state index in [9.17, 15) is 4.79 Å². The summed E-state index contributed by atoms with van der Waals surface area (Å²) in [4.78, 5) is 11.0. The van der Waals surface area contributed by atoms with Gasteiger partial charge in [-0.05, 0) is 43.4 Å². The molecule has 3 aliphatic rings. The Labute approximate surface area is 65.6 Å². The number of rotatable bonds is 1. The minimum Gasteiger partial charge on any atom is -0.481 e. The zero-order valence-electron chi connectivity index (χ0n) is 6.42. The molecule has 0 spiro atoms. The van der Waals surface area contributed by atoms with Crippen LogP contribution in [-0.2, 0) is 4.79 Å². The molecule has 2 heteroatoms. The van der Waals surface area contributed by atoms with Crippen molar-refractivity contribution in [3.05, 3.63) is 0 Å². The second kappa shape index (κ2) is 1.47. The Morgan fingerprint density at radius 2 is 2.36 bits per heavy atom. The van der Waals surface area contributed by atoms with Crippen LogP contribution in [0.25, 0.3) is 0 Å². The largest absolute Gasteiger partial charge is 0.481 e. The number of hydrogen-bond donors (Lipinski definition) is 1. The summed E-state index contributed by atoms with van der Waals surface area (Å²) in [6.45, 7) is 0. The molecule has 3 fully saturated rings. The van der Waals surface area contributed by atoms with Gasteiger partial charge >= 0.3 is 5.97 Å². The van der Waals surface area contributed by atoms with E-state index in [4.69, 9.17) is 5.11 Å². The summed E-state index contributed by atoms with van der Waals surface area (Å²) in [6, 6.07) is 0. The number of fused-ring (bicyclic) bond motifs is 5. The van der Waals surface area contributed by atoms with Crippen molar-refractivity contribution in [1.82, 2.24) is 0 Å². The van der Waals surface area contributed by atoms with Gasteiger partial charge in [0, 0.05) is 0 Å². The van der Waals surface area contributed by atoms with Gasteiger partial charge in [-0.25, -0.2) is 0 Å². The first-order valence-corrected chi connectivity index (χ1v) is 4.47. The number of carboxylic acids is 1. The maximum Gasteiger partial charge on any atom is 0.309 e. The highest BCUT2D eigenvalue weighted by atomic mass is 16.4. The summed E-state index contributed by atoms with van der Waals surface area (Å²) in [5.74, 6) is 1.68. The smallest absolute Gasteiger partial charge is 0.309 e. The van der Waals surface area contributed by atoms with Crippen LogP contribution in [-0.4, -0.2) is 11.1 Å². The molecule has 2 bridgehead atoms. The first kappa shape index (κ1) is 6.04. The predicted octanol–water partition coefficient (Wildman–Crippen LogP) is 1.51. The van der Waals surface area contributed by atoms with Crippen LogP contribution in [0.2, 0.25) is 0 Å². The molecule has 0 saturated heterocycles. The fourth-order valence-electron chi connectivity index (χ4n) is 3.54. The van der Waals surface area contributed by atoms with Gasteiger partial charge in [-0.2, -0.15) is 0 Å². The van der Waals surface area contributed by atoms with E-state index in [-0.39, 0.29) is 5.41 Å². The lowest BCUT2D eigenvalue weighted by Gasteiger charge is -2.21. The number of carboxylic acid groups (broad SMARTS) is 1. The minimum atomic E-state index is -0.509. The zero-order chi connectivity index (χ0) is 7.64. The van der Waals surface area contributed by atoms with Gasteiger partial charge in [0.25, 0.3) is 0 Å². The summed E-state index contributed by atoms with van der Waals surface area (Å²) in [7, 11) is 0. The molecule has 0 aromatic rings. The fourth-order valence-corrected chi connectivity index (χ4v) is 3.54. The minimum absolute atomic E-state index is 0.241. The first-order chi connectivity index (χ1) is 5.24. The van der Waals surface area contributed by atoms with Gasteiger partial charge in [0.2, 0.25) is 0 Å². The summed E-state index contributed by atoms with van der Waals surface area (Å²) < 4.78 is 0. The molecule has 2 nitrogen and oxygen atoms in total. The molecule has 0 amide bonds. The lowest BCUT2D eigenvalue weighted by atomic mass is 9.82. The van der Waals surface area contributed by atoms with Crippen LogP contribution in [0.3, 0.4) is 0 Å². The third-order valence-electron chi connectivity index (χ3n) is 4.17. The maximum atomic E-state index is 11.0. The van der Waals surface area contributed by atoms with E-state index in [0.717, 1.165) is 24.7 Å². The molecule has 4 atom stereocenters. The lowest BCUT2D eigenvalue weighted by molar-refractivity contribution is -0.149. The van der Waals surface area contributed by atoms with Crippen LogP contribution in [0, 0.1) is 23.2 Å². The van der Waals surface area contributed by atoms with E-state index in [1.807, 2.05) is 0 Å². The van der Waals surface area contributed by atoms with Crippen molar-refractivity contribution in [2.75, 3.05) is 0 Å². The Hall–Kier alpha value is -0.530. The van der Waals surface area contributed by atoms with Crippen LogP contribution < -0.4 is 0 Å². The van der Waals surface area contributed by atoms with Crippen LogP contribution in [0.5, 0.6) is 0 Å². The highest BCUT2D eigenvalue weighted by Crippen LogP contribution is 2.72. The Morgan fingerprint density at radius 1 is 1.55 bits per heavy atom. The van der Waals surface area contributed by atoms with Crippen LogP contribution in [0.4, 0.5) is 0 Å². The Kier molecular flexibility index (Phi) is 0.809. The third kappa shape index (κ3) is 0.501. The fraction of sp³-hybridized carbons (Fsp3) is 0.889. The molecule has 60 valence electrons. The quantitative estimate of drug-likeness (QED) is 0.618. The van der Waals surface area contributed by atoms with Crippen molar-refractivity contribution in [2.24, 2.45) is 23.2 Å². The number of aliphatic carboxylic acids is 1. The van der Waals surface area contributed by atoms with Gasteiger partial charge in [0.15, 0.2) is 0 Å². The van der Waals surface area contributed by atoms with Gasteiger partial charge in [0.1, 0.15) is 0 Å². The molecule has 0 aromatic heterocycles. The summed E-state index contributed by atoms with van der Waals surface area (Å²) >= 11 is 0. The van der Waals surface area contributed by atoms with Crippen LogP contribution in [0.15, 0.2) is 0 Å². The molecule has 3 aliphatic carbocycles. The molecule has 3 rings (SSSR count). The molecular weight excluding hydrogens is 140 g/mol. The van der Waals surface area contributed by atoms with E-state index in [2.05, 4.69) is 0 Å². The highest BCUT2D eigenvalue weighted by Gasteiger charge is 2.69. The van der Waals surface area contributed by atoms with E-state index in [0.29, 0.717) is 5.92 Å².